The number of benzene rings is 1. The molecule has 1 amide bonds. The third-order valence-electron chi connectivity index (χ3n) is 3.15. The molecule has 1 heterocycles. The molecule has 0 aliphatic rings. The molecule has 1 aromatic carbocycles. The molecule has 0 saturated carbocycles. The molecule has 106 valence electrons. The Kier molecular flexibility index (Phi) is 5.32. The maximum absolute atomic E-state index is 10.9. The lowest BCUT2D eigenvalue weighted by atomic mass is 10.1. The highest BCUT2D eigenvalue weighted by Gasteiger charge is 1.99. The highest BCUT2D eigenvalue weighted by Crippen LogP contribution is 2.03. The summed E-state index contributed by atoms with van der Waals surface area (Å²) in [6, 6.07) is 7.38. The molecule has 1 aromatic heterocycles. The molecule has 0 atom stereocenters. The van der Waals surface area contributed by atoms with E-state index < -0.39 is 0 Å². The number of amides is 1. The second-order valence-corrected chi connectivity index (χ2v) is 4.75. The van der Waals surface area contributed by atoms with Gasteiger partial charge in [0.25, 0.3) is 0 Å². The van der Waals surface area contributed by atoms with Crippen molar-refractivity contribution in [1.29, 1.82) is 0 Å². The molecule has 0 bridgehead atoms. The summed E-state index contributed by atoms with van der Waals surface area (Å²) in [6.07, 6.45) is 7.87. The van der Waals surface area contributed by atoms with Gasteiger partial charge in [0, 0.05) is 31.0 Å². The first kappa shape index (κ1) is 14.3. The fraction of sp³-hybridized carbons (Fsp3) is 0.333. The molecule has 0 saturated heterocycles. The molecule has 0 aliphatic heterocycles. The van der Waals surface area contributed by atoms with Crippen LogP contribution in [0.15, 0.2) is 43.0 Å². The molecule has 2 aromatic rings. The van der Waals surface area contributed by atoms with Crippen molar-refractivity contribution in [3.8, 4) is 0 Å². The van der Waals surface area contributed by atoms with Crippen molar-refractivity contribution >= 4 is 5.91 Å². The number of aromatic nitrogens is 2. The fourth-order valence-corrected chi connectivity index (χ4v) is 1.98. The monoisotopic (exact) mass is 272 g/mol. The minimum absolute atomic E-state index is 0.385. The molecule has 5 nitrogen and oxygen atoms in total. The van der Waals surface area contributed by atoms with E-state index in [1.807, 2.05) is 24.7 Å². The summed E-state index contributed by atoms with van der Waals surface area (Å²) >= 11 is 0. The van der Waals surface area contributed by atoms with E-state index >= 15 is 0 Å². The lowest BCUT2D eigenvalue weighted by Gasteiger charge is -2.06. The number of rotatable bonds is 8. The van der Waals surface area contributed by atoms with Crippen LogP contribution in [-0.2, 0) is 13.1 Å². The van der Waals surface area contributed by atoms with Gasteiger partial charge in [-0.15, -0.1) is 0 Å². The van der Waals surface area contributed by atoms with Crippen molar-refractivity contribution in [3.05, 3.63) is 54.1 Å². The summed E-state index contributed by atoms with van der Waals surface area (Å²) in [5, 5.41) is 3.39. The number of hydrogen-bond acceptors (Lipinski definition) is 3. The van der Waals surface area contributed by atoms with Gasteiger partial charge in [-0.05, 0) is 37.1 Å². The van der Waals surface area contributed by atoms with E-state index in [4.69, 9.17) is 5.73 Å². The van der Waals surface area contributed by atoms with Gasteiger partial charge in [0.15, 0.2) is 0 Å². The minimum atomic E-state index is -0.385. The van der Waals surface area contributed by atoms with Crippen LogP contribution in [0.3, 0.4) is 0 Å². The molecule has 20 heavy (non-hydrogen) atoms. The number of carbonyl (C=O) groups excluding carboxylic acids is 1. The smallest absolute Gasteiger partial charge is 0.248 e. The lowest BCUT2D eigenvalue weighted by Crippen LogP contribution is -2.15. The van der Waals surface area contributed by atoms with Crippen LogP contribution < -0.4 is 11.1 Å². The van der Waals surface area contributed by atoms with Gasteiger partial charge < -0.3 is 15.6 Å². The van der Waals surface area contributed by atoms with Crippen molar-refractivity contribution in [2.45, 2.75) is 25.9 Å². The van der Waals surface area contributed by atoms with Crippen LogP contribution in [-0.4, -0.2) is 22.0 Å². The van der Waals surface area contributed by atoms with Gasteiger partial charge in [-0.25, -0.2) is 4.98 Å². The molecule has 0 fully saturated rings. The van der Waals surface area contributed by atoms with Gasteiger partial charge in [0.2, 0.25) is 5.91 Å². The third-order valence-corrected chi connectivity index (χ3v) is 3.15. The number of aryl methyl sites for hydroxylation is 1. The molecule has 0 unspecified atom stereocenters. The van der Waals surface area contributed by atoms with Crippen LogP contribution in [0.25, 0.3) is 0 Å². The number of nitrogens with one attached hydrogen (secondary N) is 1. The minimum Gasteiger partial charge on any atom is -0.366 e. The Morgan fingerprint density at radius 1 is 1.25 bits per heavy atom. The van der Waals surface area contributed by atoms with Gasteiger partial charge in [0.1, 0.15) is 0 Å². The zero-order chi connectivity index (χ0) is 14.2. The normalized spacial score (nSPS) is 10.6. The number of nitrogens with zero attached hydrogens (tertiary/aromatic N) is 2. The Labute approximate surface area is 118 Å². The van der Waals surface area contributed by atoms with Gasteiger partial charge in [-0.2, -0.15) is 0 Å². The molecule has 0 radical (unpaired) electrons. The highest BCUT2D eigenvalue weighted by atomic mass is 16.1. The van der Waals surface area contributed by atoms with Crippen molar-refractivity contribution < 1.29 is 4.79 Å². The Hall–Kier alpha value is -2.14. The first-order valence-corrected chi connectivity index (χ1v) is 6.81. The predicted molar refractivity (Wildman–Crippen MR) is 78.1 cm³/mol. The summed E-state index contributed by atoms with van der Waals surface area (Å²) in [7, 11) is 0. The number of unbranched alkanes of at least 4 members (excludes halogenated alkanes) is 1. The second kappa shape index (κ2) is 7.45. The van der Waals surface area contributed by atoms with Gasteiger partial charge in [-0.3, -0.25) is 4.79 Å². The first-order valence-electron chi connectivity index (χ1n) is 6.81. The molecular formula is C15H20N4O. The molecular weight excluding hydrogens is 252 g/mol. The average Bonchev–Trinajstić information content (AvgIpc) is 2.96. The second-order valence-electron chi connectivity index (χ2n) is 4.75. The predicted octanol–water partition coefficient (Wildman–Crippen LogP) is 1.55. The molecule has 5 heteroatoms. The molecule has 0 aliphatic carbocycles. The lowest BCUT2D eigenvalue weighted by molar-refractivity contribution is 0.100. The van der Waals surface area contributed by atoms with E-state index in [1.54, 1.807) is 18.3 Å². The van der Waals surface area contributed by atoms with E-state index in [0.29, 0.717) is 5.56 Å². The zero-order valence-electron chi connectivity index (χ0n) is 11.5. The number of carbonyl (C=O) groups is 1. The van der Waals surface area contributed by atoms with Crippen LogP contribution in [0.1, 0.15) is 28.8 Å². The third kappa shape index (κ3) is 4.51. The number of nitrogens with two attached hydrogens (primary N) is 1. The Morgan fingerprint density at radius 3 is 2.70 bits per heavy atom. The van der Waals surface area contributed by atoms with Gasteiger partial charge >= 0.3 is 0 Å². The Bertz CT molecular complexity index is 519. The summed E-state index contributed by atoms with van der Waals surface area (Å²) in [6.45, 7) is 2.80. The summed E-state index contributed by atoms with van der Waals surface area (Å²) in [5.74, 6) is -0.385. The zero-order valence-corrected chi connectivity index (χ0v) is 11.5. The van der Waals surface area contributed by atoms with Crippen molar-refractivity contribution in [2.75, 3.05) is 6.54 Å². The summed E-state index contributed by atoms with van der Waals surface area (Å²) in [4.78, 5) is 15.0. The van der Waals surface area contributed by atoms with E-state index in [2.05, 4.69) is 14.9 Å². The Balaban J connectivity index is 1.59. The van der Waals surface area contributed by atoms with Crippen LogP contribution >= 0.6 is 0 Å². The van der Waals surface area contributed by atoms with E-state index in [1.165, 1.54) is 0 Å². The SMILES string of the molecule is NC(=O)c1ccc(CNCCCCn2ccnc2)cc1. The van der Waals surface area contributed by atoms with Crippen molar-refractivity contribution in [3.63, 3.8) is 0 Å². The van der Waals surface area contributed by atoms with Crippen LogP contribution in [0.5, 0.6) is 0 Å². The summed E-state index contributed by atoms with van der Waals surface area (Å²) in [5.41, 5.74) is 6.91. The molecule has 2 rings (SSSR count). The van der Waals surface area contributed by atoms with E-state index in [9.17, 15) is 4.79 Å². The first-order chi connectivity index (χ1) is 9.75. The molecule has 0 spiro atoms. The quantitative estimate of drug-likeness (QED) is 0.716. The largest absolute Gasteiger partial charge is 0.366 e. The number of imidazole rings is 1. The fourth-order valence-electron chi connectivity index (χ4n) is 1.98. The average molecular weight is 272 g/mol. The topological polar surface area (TPSA) is 72.9 Å². The highest BCUT2D eigenvalue weighted by molar-refractivity contribution is 5.92. The number of hydrogen-bond donors (Lipinski definition) is 2. The van der Waals surface area contributed by atoms with Crippen LogP contribution in [0.2, 0.25) is 0 Å². The van der Waals surface area contributed by atoms with Crippen molar-refractivity contribution in [1.82, 2.24) is 14.9 Å². The maximum atomic E-state index is 10.9. The van der Waals surface area contributed by atoms with E-state index in [0.717, 1.165) is 38.0 Å². The van der Waals surface area contributed by atoms with Crippen molar-refractivity contribution in [2.24, 2.45) is 5.73 Å². The molecule has 3 N–H and O–H groups in total. The Morgan fingerprint density at radius 2 is 2.05 bits per heavy atom. The van der Waals surface area contributed by atoms with Crippen LogP contribution in [0, 0.1) is 0 Å². The van der Waals surface area contributed by atoms with Crippen LogP contribution in [0.4, 0.5) is 0 Å². The standard InChI is InChI=1S/C15H20N4O/c16-15(20)14-5-3-13(4-6-14)11-17-7-1-2-9-19-10-8-18-12-19/h3-6,8,10,12,17H,1-2,7,9,11H2,(H2,16,20). The van der Waals surface area contributed by atoms with Gasteiger partial charge in [0.05, 0.1) is 6.33 Å². The van der Waals surface area contributed by atoms with Gasteiger partial charge in [-0.1, -0.05) is 12.1 Å². The number of primary amides is 1. The maximum Gasteiger partial charge on any atom is 0.248 e. The van der Waals surface area contributed by atoms with E-state index in [-0.39, 0.29) is 5.91 Å². The summed E-state index contributed by atoms with van der Waals surface area (Å²) < 4.78 is 2.09.